The molecule has 1 aliphatic heterocycles. The summed E-state index contributed by atoms with van der Waals surface area (Å²) in [5.41, 5.74) is 1.21. The van der Waals surface area contributed by atoms with Crippen LogP contribution in [0.25, 0.3) is 11.1 Å². The maximum absolute atomic E-state index is 14.9. The standard InChI is InChI=1S/C32H28F2N4O4/c1-42-32(41)29-25(5-4-6-26(29)33)23-12-13-24(27(34)19-23)20-36-30(39)21-8-10-22(11-9-21)31(40)38-17-15-37(16-18-38)28-7-2-3-14-35-28/h2-14,19H,15-18,20H2,1H3,(H,36,39). The molecule has 4 aromatic rings. The molecule has 1 aliphatic rings. The number of carbonyl (C=O) groups excluding carboxylic acids is 3. The first-order valence-corrected chi connectivity index (χ1v) is 13.3. The van der Waals surface area contributed by atoms with Crippen LogP contribution in [-0.2, 0) is 11.3 Å². The minimum atomic E-state index is -0.865. The number of nitrogens with one attached hydrogen (secondary N) is 1. The summed E-state index contributed by atoms with van der Waals surface area (Å²) >= 11 is 0. The molecule has 0 radical (unpaired) electrons. The van der Waals surface area contributed by atoms with E-state index in [4.69, 9.17) is 0 Å². The minimum absolute atomic E-state index is 0.0980. The number of hydrogen-bond acceptors (Lipinski definition) is 6. The van der Waals surface area contributed by atoms with Crippen LogP contribution in [0.5, 0.6) is 0 Å². The summed E-state index contributed by atoms with van der Waals surface area (Å²) in [7, 11) is 1.14. The summed E-state index contributed by atoms with van der Waals surface area (Å²) in [6.45, 7) is 2.38. The van der Waals surface area contributed by atoms with E-state index in [1.165, 1.54) is 24.3 Å². The highest BCUT2D eigenvalue weighted by atomic mass is 19.1. The number of benzene rings is 3. The second-order valence-electron chi connectivity index (χ2n) is 9.69. The smallest absolute Gasteiger partial charge is 0.341 e. The van der Waals surface area contributed by atoms with E-state index in [0.29, 0.717) is 42.9 Å². The quantitative estimate of drug-likeness (QED) is 0.324. The Balaban J connectivity index is 1.18. The van der Waals surface area contributed by atoms with Gasteiger partial charge in [0.1, 0.15) is 23.0 Å². The Labute approximate surface area is 241 Å². The first-order valence-electron chi connectivity index (χ1n) is 13.3. The average Bonchev–Trinajstić information content (AvgIpc) is 3.03. The summed E-state index contributed by atoms with van der Waals surface area (Å²) in [5.74, 6) is -1.92. The molecule has 1 saturated heterocycles. The van der Waals surface area contributed by atoms with Crippen LogP contribution in [0.3, 0.4) is 0 Å². The van der Waals surface area contributed by atoms with Gasteiger partial charge in [0.15, 0.2) is 0 Å². The second kappa shape index (κ2) is 12.6. The fourth-order valence-electron chi connectivity index (χ4n) is 4.84. The average molecular weight is 571 g/mol. The van der Waals surface area contributed by atoms with Gasteiger partial charge in [0.2, 0.25) is 0 Å². The Morgan fingerprint density at radius 3 is 2.26 bits per heavy atom. The van der Waals surface area contributed by atoms with Gasteiger partial charge in [-0.3, -0.25) is 9.59 Å². The van der Waals surface area contributed by atoms with Crippen molar-refractivity contribution in [1.29, 1.82) is 0 Å². The van der Waals surface area contributed by atoms with E-state index in [1.54, 1.807) is 41.4 Å². The number of rotatable bonds is 7. The van der Waals surface area contributed by atoms with Crippen LogP contribution in [0.4, 0.5) is 14.6 Å². The lowest BCUT2D eigenvalue weighted by Gasteiger charge is -2.35. The van der Waals surface area contributed by atoms with Gasteiger partial charge in [-0.15, -0.1) is 0 Å². The maximum atomic E-state index is 14.9. The first-order chi connectivity index (χ1) is 20.4. The fraction of sp³-hybridized carbons (Fsp3) is 0.188. The molecule has 3 aromatic carbocycles. The number of methoxy groups -OCH3 is 1. The van der Waals surface area contributed by atoms with Crippen molar-refractivity contribution in [2.75, 3.05) is 38.2 Å². The molecule has 0 bridgehead atoms. The maximum Gasteiger partial charge on any atom is 0.341 e. The molecule has 10 heteroatoms. The fourth-order valence-corrected chi connectivity index (χ4v) is 4.84. The topological polar surface area (TPSA) is 91.8 Å². The molecular weight excluding hydrogens is 542 g/mol. The van der Waals surface area contributed by atoms with Gasteiger partial charge >= 0.3 is 5.97 Å². The molecule has 42 heavy (non-hydrogen) atoms. The van der Waals surface area contributed by atoms with E-state index < -0.39 is 23.5 Å². The van der Waals surface area contributed by atoms with Crippen molar-refractivity contribution in [3.8, 4) is 11.1 Å². The number of ether oxygens (including phenoxy) is 1. The van der Waals surface area contributed by atoms with Gasteiger partial charge in [-0.25, -0.2) is 18.6 Å². The molecule has 1 fully saturated rings. The van der Waals surface area contributed by atoms with Crippen LogP contribution >= 0.6 is 0 Å². The van der Waals surface area contributed by atoms with Gasteiger partial charge in [0.25, 0.3) is 11.8 Å². The molecule has 5 rings (SSSR count). The van der Waals surface area contributed by atoms with E-state index in [1.807, 2.05) is 18.2 Å². The molecule has 0 saturated carbocycles. The molecule has 1 N–H and O–H groups in total. The van der Waals surface area contributed by atoms with Crippen molar-refractivity contribution in [3.63, 3.8) is 0 Å². The normalized spacial score (nSPS) is 13.0. The highest BCUT2D eigenvalue weighted by molar-refractivity contribution is 5.98. The Bertz CT molecular complexity index is 1610. The molecule has 0 aliphatic carbocycles. The number of halogens is 2. The zero-order valence-corrected chi connectivity index (χ0v) is 22.8. The molecular formula is C32H28F2N4O4. The minimum Gasteiger partial charge on any atom is -0.465 e. The van der Waals surface area contributed by atoms with Gasteiger partial charge in [0, 0.05) is 55.6 Å². The van der Waals surface area contributed by atoms with Crippen molar-refractivity contribution in [2.45, 2.75) is 6.54 Å². The predicted octanol–water partition coefficient (Wildman–Crippen LogP) is 4.71. The lowest BCUT2D eigenvalue weighted by molar-refractivity contribution is 0.0596. The number of amides is 2. The van der Waals surface area contributed by atoms with E-state index in [-0.39, 0.29) is 29.1 Å². The van der Waals surface area contributed by atoms with Gasteiger partial charge in [0.05, 0.1) is 7.11 Å². The number of aromatic nitrogens is 1. The number of nitrogens with zero attached hydrogens (tertiary/aromatic N) is 3. The van der Waals surface area contributed by atoms with Crippen molar-refractivity contribution in [2.24, 2.45) is 0 Å². The SMILES string of the molecule is COC(=O)c1c(F)cccc1-c1ccc(CNC(=O)c2ccc(C(=O)N3CCN(c4ccccn4)CC3)cc2)c(F)c1. The molecule has 214 valence electrons. The largest absolute Gasteiger partial charge is 0.465 e. The van der Waals surface area contributed by atoms with Gasteiger partial charge < -0.3 is 19.9 Å². The summed E-state index contributed by atoms with van der Waals surface area (Å²) in [5, 5.41) is 2.68. The Hall–Kier alpha value is -5.12. The Morgan fingerprint density at radius 1 is 0.857 bits per heavy atom. The molecule has 2 heterocycles. The highest BCUT2D eigenvalue weighted by Gasteiger charge is 2.23. The first kappa shape index (κ1) is 28.4. The van der Waals surface area contributed by atoms with Gasteiger partial charge in [-0.05, 0) is 59.7 Å². The third kappa shape index (κ3) is 6.12. The summed E-state index contributed by atoms with van der Waals surface area (Å²) in [6.07, 6.45) is 1.75. The number of hydrogen-bond donors (Lipinski definition) is 1. The molecule has 0 unspecified atom stereocenters. The summed E-state index contributed by atoms with van der Waals surface area (Å²) in [6, 6.07) is 20.3. The zero-order valence-electron chi connectivity index (χ0n) is 22.8. The third-order valence-electron chi connectivity index (χ3n) is 7.14. The number of anilines is 1. The molecule has 2 amide bonds. The van der Waals surface area contributed by atoms with Gasteiger partial charge in [-0.1, -0.05) is 30.3 Å². The van der Waals surface area contributed by atoms with Crippen LogP contribution in [0.15, 0.2) is 85.1 Å². The number of pyridine rings is 1. The van der Waals surface area contributed by atoms with Crippen LogP contribution in [0, 0.1) is 11.6 Å². The van der Waals surface area contributed by atoms with Crippen LogP contribution in [0.2, 0.25) is 0 Å². The second-order valence-corrected chi connectivity index (χ2v) is 9.69. The predicted molar refractivity (Wildman–Crippen MR) is 153 cm³/mol. The van der Waals surface area contributed by atoms with E-state index in [0.717, 1.165) is 19.0 Å². The van der Waals surface area contributed by atoms with Crippen LogP contribution in [0.1, 0.15) is 36.6 Å². The Kier molecular flexibility index (Phi) is 8.52. The monoisotopic (exact) mass is 570 g/mol. The van der Waals surface area contributed by atoms with E-state index in [9.17, 15) is 23.2 Å². The summed E-state index contributed by atoms with van der Waals surface area (Å²) in [4.78, 5) is 46.1. The number of piperazine rings is 1. The van der Waals surface area contributed by atoms with Crippen LogP contribution < -0.4 is 10.2 Å². The van der Waals surface area contributed by atoms with Crippen molar-refractivity contribution in [3.05, 3.63) is 119 Å². The van der Waals surface area contributed by atoms with Crippen molar-refractivity contribution >= 4 is 23.6 Å². The third-order valence-corrected chi connectivity index (χ3v) is 7.14. The van der Waals surface area contributed by atoms with Crippen LogP contribution in [-0.4, -0.2) is 61.0 Å². The molecule has 0 atom stereocenters. The lowest BCUT2D eigenvalue weighted by atomic mass is 9.98. The Morgan fingerprint density at radius 2 is 1.60 bits per heavy atom. The summed E-state index contributed by atoms with van der Waals surface area (Å²) < 4.78 is 33.9. The van der Waals surface area contributed by atoms with Crippen molar-refractivity contribution < 1.29 is 27.9 Å². The lowest BCUT2D eigenvalue weighted by Crippen LogP contribution is -2.49. The zero-order chi connectivity index (χ0) is 29.6. The van der Waals surface area contributed by atoms with E-state index in [2.05, 4.69) is 19.9 Å². The van der Waals surface area contributed by atoms with Gasteiger partial charge in [-0.2, -0.15) is 0 Å². The van der Waals surface area contributed by atoms with Crippen molar-refractivity contribution in [1.82, 2.24) is 15.2 Å². The highest BCUT2D eigenvalue weighted by Crippen LogP contribution is 2.28. The number of esters is 1. The molecule has 1 aromatic heterocycles. The molecule has 0 spiro atoms. The number of carbonyl (C=O) groups is 3. The molecule has 8 nitrogen and oxygen atoms in total. The van der Waals surface area contributed by atoms with E-state index >= 15 is 0 Å².